The van der Waals surface area contributed by atoms with Gasteiger partial charge in [0.05, 0.1) is 0 Å². The van der Waals surface area contributed by atoms with Crippen LogP contribution in [0.5, 0.6) is 5.75 Å². The van der Waals surface area contributed by atoms with E-state index in [1.165, 1.54) is 0 Å². The van der Waals surface area contributed by atoms with Crippen LogP contribution in [-0.2, 0) is 0 Å². The summed E-state index contributed by atoms with van der Waals surface area (Å²) >= 11 is 5.76. The van der Waals surface area contributed by atoms with E-state index >= 15 is 0 Å². The first-order chi connectivity index (χ1) is 6.09. The number of nitrogens with one attached hydrogen (secondary N) is 1. The monoisotopic (exact) mass is 198 g/mol. The molecule has 0 spiro atoms. The van der Waals surface area contributed by atoms with Gasteiger partial charge in [-0.2, -0.15) is 0 Å². The van der Waals surface area contributed by atoms with Crippen LogP contribution >= 0.6 is 11.6 Å². The normalized spacial score (nSPS) is 9.69. The molecule has 0 aliphatic rings. The van der Waals surface area contributed by atoms with Crippen LogP contribution in [0, 0.1) is 12.3 Å². The number of rotatable bonds is 3. The van der Waals surface area contributed by atoms with Gasteiger partial charge in [0.25, 0.3) is 0 Å². The second-order valence-electron chi connectivity index (χ2n) is 2.72. The SMILES string of the molecule is Cc1cc(Cl)ccc1OCC(=N)N. The molecule has 13 heavy (non-hydrogen) atoms. The number of amidine groups is 1. The maximum Gasteiger partial charge on any atom is 0.145 e. The lowest BCUT2D eigenvalue weighted by Gasteiger charge is -2.07. The smallest absolute Gasteiger partial charge is 0.145 e. The molecule has 0 bridgehead atoms. The lowest BCUT2D eigenvalue weighted by atomic mass is 10.2. The largest absolute Gasteiger partial charge is 0.485 e. The van der Waals surface area contributed by atoms with Gasteiger partial charge in [0.1, 0.15) is 18.2 Å². The second-order valence-corrected chi connectivity index (χ2v) is 3.16. The Morgan fingerprint density at radius 3 is 2.85 bits per heavy atom. The molecule has 0 aliphatic carbocycles. The van der Waals surface area contributed by atoms with Gasteiger partial charge < -0.3 is 10.5 Å². The number of hydrogen-bond acceptors (Lipinski definition) is 2. The van der Waals surface area contributed by atoms with Crippen LogP contribution in [0.15, 0.2) is 18.2 Å². The fourth-order valence-corrected chi connectivity index (χ4v) is 1.16. The van der Waals surface area contributed by atoms with Gasteiger partial charge in [-0.25, -0.2) is 0 Å². The molecular weight excluding hydrogens is 188 g/mol. The maximum absolute atomic E-state index is 6.98. The minimum Gasteiger partial charge on any atom is -0.485 e. The Hall–Kier alpha value is -1.22. The van der Waals surface area contributed by atoms with Crippen LogP contribution in [0.2, 0.25) is 5.02 Å². The topological polar surface area (TPSA) is 59.1 Å². The molecule has 0 unspecified atom stereocenters. The van der Waals surface area contributed by atoms with Crippen LogP contribution in [0.3, 0.4) is 0 Å². The molecule has 0 saturated carbocycles. The van der Waals surface area contributed by atoms with Gasteiger partial charge in [-0.3, -0.25) is 5.41 Å². The minimum absolute atomic E-state index is 0.00866. The Bertz CT molecular complexity index is 325. The molecule has 0 aliphatic heterocycles. The summed E-state index contributed by atoms with van der Waals surface area (Å²) in [5.41, 5.74) is 6.09. The van der Waals surface area contributed by atoms with Crippen molar-refractivity contribution >= 4 is 17.4 Å². The lowest BCUT2D eigenvalue weighted by Crippen LogP contribution is -2.19. The third-order valence-corrected chi connectivity index (χ3v) is 1.76. The van der Waals surface area contributed by atoms with Gasteiger partial charge in [0.15, 0.2) is 0 Å². The average Bonchev–Trinajstić information content (AvgIpc) is 2.02. The lowest BCUT2D eigenvalue weighted by molar-refractivity contribution is 0.372. The van der Waals surface area contributed by atoms with Gasteiger partial charge in [-0.05, 0) is 30.7 Å². The third kappa shape index (κ3) is 2.95. The van der Waals surface area contributed by atoms with E-state index in [2.05, 4.69) is 0 Å². The minimum atomic E-state index is 0.00866. The Morgan fingerprint density at radius 1 is 1.62 bits per heavy atom. The van der Waals surface area contributed by atoms with E-state index in [4.69, 9.17) is 27.5 Å². The standard InChI is InChI=1S/C9H11ClN2O/c1-6-4-7(10)2-3-8(6)13-5-9(11)12/h2-4H,5H2,1H3,(H3,11,12). The molecule has 0 saturated heterocycles. The number of hydrogen-bond donors (Lipinski definition) is 2. The molecule has 4 heteroatoms. The average molecular weight is 199 g/mol. The zero-order valence-electron chi connectivity index (χ0n) is 7.30. The molecule has 0 fully saturated rings. The fraction of sp³-hybridized carbons (Fsp3) is 0.222. The molecule has 70 valence electrons. The highest BCUT2D eigenvalue weighted by molar-refractivity contribution is 6.30. The fourth-order valence-electron chi connectivity index (χ4n) is 0.930. The van der Waals surface area contributed by atoms with Crippen molar-refractivity contribution < 1.29 is 4.74 Å². The summed E-state index contributed by atoms with van der Waals surface area (Å²) in [4.78, 5) is 0. The predicted octanol–water partition coefficient (Wildman–Crippen LogP) is 1.96. The first kappa shape index (κ1) is 9.86. The van der Waals surface area contributed by atoms with E-state index in [1.54, 1.807) is 18.2 Å². The van der Waals surface area contributed by atoms with Gasteiger partial charge in [0, 0.05) is 5.02 Å². The van der Waals surface area contributed by atoms with Crippen molar-refractivity contribution in [1.82, 2.24) is 0 Å². The van der Waals surface area contributed by atoms with Gasteiger partial charge >= 0.3 is 0 Å². The summed E-state index contributed by atoms with van der Waals surface area (Å²) in [6.07, 6.45) is 0. The van der Waals surface area contributed by atoms with Crippen LogP contribution in [0.4, 0.5) is 0 Å². The Labute approximate surface area is 82.0 Å². The van der Waals surface area contributed by atoms with Crippen molar-refractivity contribution in [2.45, 2.75) is 6.92 Å². The highest BCUT2D eigenvalue weighted by atomic mass is 35.5. The molecule has 0 amide bonds. The molecule has 0 atom stereocenters. The molecular formula is C9H11ClN2O. The maximum atomic E-state index is 6.98. The number of ether oxygens (including phenoxy) is 1. The molecule has 3 N–H and O–H groups in total. The number of benzene rings is 1. The Balaban J connectivity index is 2.72. The molecule has 1 aromatic rings. The zero-order valence-corrected chi connectivity index (χ0v) is 8.06. The highest BCUT2D eigenvalue weighted by Crippen LogP contribution is 2.21. The summed E-state index contributed by atoms with van der Waals surface area (Å²) in [5, 5.41) is 7.66. The van der Waals surface area contributed by atoms with E-state index in [0.29, 0.717) is 10.8 Å². The van der Waals surface area contributed by atoms with Gasteiger partial charge in [-0.1, -0.05) is 11.6 Å². The first-order valence-corrected chi connectivity index (χ1v) is 4.19. The molecule has 0 aromatic heterocycles. The van der Waals surface area contributed by atoms with Crippen molar-refractivity contribution in [3.63, 3.8) is 0 Å². The Morgan fingerprint density at radius 2 is 2.31 bits per heavy atom. The first-order valence-electron chi connectivity index (χ1n) is 3.81. The van der Waals surface area contributed by atoms with Crippen molar-refractivity contribution in [2.24, 2.45) is 5.73 Å². The van der Waals surface area contributed by atoms with Crippen molar-refractivity contribution in [3.05, 3.63) is 28.8 Å². The summed E-state index contributed by atoms with van der Waals surface area (Å²) in [5.74, 6) is 0.717. The third-order valence-electron chi connectivity index (χ3n) is 1.52. The molecule has 1 aromatic carbocycles. The molecule has 1 rings (SSSR count). The van der Waals surface area contributed by atoms with Crippen LogP contribution < -0.4 is 10.5 Å². The predicted molar refractivity (Wildman–Crippen MR) is 53.6 cm³/mol. The summed E-state index contributed by atoms with van der Waals surface area (Å²) in [6.45, 7) is 2.00. The van der Waals surface area contributed by atoms with Gasteiger partial charge in [-0.15, -0.1) is 0 Å². The number of nitrogens with two attached hydrogens (primary N) is 1. The van der Waals surface area contributed by atoms with Crippen LogP contribution in [0.25, 0.3) is 0 Å². The van der Waals surface area contributed by atoms with E-state index in [1.807, 2.05) is 6.92 Å². The second kappa shape index (κ2) is 4.14. The molecule has 3 nitrogen and oxygen atoms in total. The van der Waals surface area contributed by atoms with Crippen molar-refractivity contribution in [1.29, 1.82) is 5.41 Å². The summed E-state index contributed by atoms with van der Waals surface area (Å²) < 4.78 is 5.25. The Kier molecular flexibility index (Phi) is 3.14. The number of aryl methyl sites for hydroxylation is 1. The summed E-state index contributed by atoms with van der Waals surface area (Å²) in [6, 6.07) is 5.31. The number of halogens is 1. The van der Waals surface area contributed by atoms with E-state index in [9.17, 15) is 0 Å². The van der Waals surface area contributed by atoms with E-state index in [0.717, 1.165) is 5.56 Å². The van der Waals surface area contributed by atoms with E-state index < -0.39 is 0 Å². The van der Waals surface area contributed by atoms with Crippen LogP contribution in [-0.4, -0.2) is 12.4 Å². The zero-order chi connectivity index (χ0) is 9.84. The van der Waals surface area contributed by atoms with Crippen molar-refractivity contribution in [2.75, 3.05) is 6.61 Å². The highest BCUT2D eigenvalue weighted by Gasteiger charge is 2.00. The van der Waals surface area contributed by atoms with E-state index in [-0.39, 0.29) is 12.4 Å². The summed E-state index contributed by atoms with van der Waals surface area (Å²) in [7, 11) is 0. The molecule has 0 heterocycles. The quantitative estimate of drug-likeness (QED) is 0.576. The van der Waals surface area contributed by atoms with Crippen molar-refractivity contribution in [3.8, 4) is 5.75 Å². The van der Waals surface area contributed by atoms with Gasteiger partial charge in [0.2, 0.25) is 0 Å². The molecule has 0 radical (unpaired) electrons. The van der Waals surface area contributed by atoms with Crippen LogP contribution in [0.1, 0.15) is 5.56 Å².